The number of rotatable bonds is 2. The quantitative estimate of drug-likeness (QED) is 0.916. The van der Waals surface area contributed by atoms with Crippen LogP contribution >= 0.6 is 24.0 Å². The minimum Gasteiger partial charge on any atom is -0.339 e. The van der Waals surface area contributed by atoms with Crippen molar-refractivity contribution in [2.45, 2.75) is 37.6 Å². The van der Waals surface area contributed by atoms with Crippen molar-refractivity contribution in [3.8, 4) is 11.4 Å². The fourth-order valence-electron chi connectivity index (χ4n) is 2.60. The van der Waals surface area contributed by atoms with Crippen molar-refractivity contribution in [2.24, 2.45) is 5.73 Å². The van der Waals surface area contributed by atoms with E-state index in [4.69, 9.17) is 21.9 Å². The van der Waals surface area contributed by atoms with E-state index in [1.54, 1.807) is 0 Å². The predicted octanol–water partition coefficient (Wildman–Crippen LogP) is 3.80. The second kappa shape index (κ2) is 6.57. The third-order valence-electron chi connectivity index (χ3n) is 3.59. The minimum absolute atomic E-state index is 0. The highest BCUT2D eigenvalue weighted by Crippen LogP contribution is 2.32. The molecule has 2 atom stereocenters. The molecule has 108 valence electrons. The van der Waals surface area contributed by atoms with Crippen molar-refractivity contribution < 1.29 is 4.52 Å². The topological polar surface area (TPSA) is 64.9 Å². The molecule has 1 fully saturated rings. The molecule has 2 N–H and O–H groups in total. The Morgan fingerprint density at radius 1 is 1.30 bits per heavy atom. The molecule has 0 amide bonds. The van der Waals surface area contributed by atoms with Crippen LogP contribution in [-0.4, -0.2) is 16.2 Å². The molecule has 1 aliphatic rings. The van der Waals surface area contributed by atoms with Crippen LogP contribution in [-0.2, 0) is 0 Å². The Balaban J connectivity index is 0.00000147. The van der Waals surface area contributed by atoms with Crippen LogP contribution in [0.2, 0.25) is 5.02 Å². The van der Waals surface area contributed by atoms with Gasteiger partial charge in [0.2, 0.25) is 11.7 Å². The Kier molecular flexibility index (Phi) is 5.02. The van der Waals surface area contributed by atoms with Crippen molar-refractivity contribution in [2.75, 3.05) is 0 Å². The van der Waals surface area contributed by atoms with Crippen molar-refractivity contribution >= 4 is 24.0 Å². The Hall–Kier alpha value is -1.10. The average molecular weight is 314 g/mol. The standard InChI is InChI=1S/C14H16ClN3O.ClH/c15-11-5-1-3-9(7-11)13-17-14(19-18-13)10-4-2-6-12(16)8-10;/h1,3,5,7,10,12H,2,4,6,8,16H2;1H. The molecule has 1 aromatic carbocycles. The van der Waals surface area contributed by atoms with Gasteiger partial charge in [0.25, 0.3) is 0 Å². The Morgan fingerprint density at radius 2 is 2.15 bits per heavy atom. The Bertz CT molecular complexity index is 573. The van der Waals surface area contributed by atoms with Crippen LogP contribution in [0.3, 0.4) is 0 Å². The van der Waals surface area contributed by atoms with Gasteiger partial charge < -0.3 is 10.3 Å². The maximum Gasteiger partial charge on any atom is 0.230 e. The summed E-state index contributed by atoms with van der Waals surface area (Å²) in [7, 11) is 0. The lowest BCUT2D eigenvalue weighted by atomic mass is 9.86. The van der Waals surface area contributed by atoms with Gasteiger partial charge in [-0.1, -0.05) is 35.3 Å². The second-order valence-electron chi connectivity index (χ2n) is 5.09. The lowest BCUT2D eigenvalue weighted by Crippen LogP contribution is -2.26. The maximum atomic E-state index is 5.99. The largest absolute Gasteiger partial charge is 0.339 e. The molecule has 6 heteroatoms. The lowest BCUT2D eigenvalue weighted by molar-refractivity contribution is 0.299. The molecule has 3 rings (SSSR count). The number of nitrogens with two attached hydrogens (primary N) is 1. The van der Waals surface area contributed by atoms with E-state index in [-0.39, 0.29) is 18.4 Å². The minimum atomic E-state index is 0. The van der Waals surface area contributed by atoms with Crippen molar-refractivity contribution in [3.63, 3.8) is 0 Å². The van der Waals surface area contributed by atoms with Gasteiger partial charge in [-0.3, -0.25) is 0 Å². The second-order valence-corrected chi connectivity index (χ2v) is 5.53. The molecular formula is C14H17Cl2N3O. The molecule has 0 bridgehead atoms. The lowest BCUT2D eigenvalue weighted by Gasteiger charge is -2.23. The van der Waals surface area contributed by atoms with Crippen LogP contribution in [0.25, 0.3) is 11.4 Å². The van der Waals surface area contributed by atoms with Gasteiger partial charge in [-0.2, -0.15) is 4.98 Å². The fraction of sp³-hybridized carbons (Fsp3) is 0.429. The molecule has 4 nitrogen and oxygen atoms in total. The first kappa shape index (κ1) is 15.3. The van der Waals surface area contributed by atoms with Crippen LogP contribution in [0.15, 0.2) is 28.8 Å². The molecule has 2 unspecified atom stereocenters. The van der Waals surface area contributed by atoms with E-state index in [0.29, 0.717) is 22.7 Å². The summed E-state index contributed by atoms with van der Waals surface area (Å²) in [5, 5.41) is 4.71. The summed E-state index contributed by atoms with van der Waals surface area (Å²) in [5.74, 6) is 1.59. The van der Waals surface area contributed by atoms with Gasteiger partial charge >= 0.3 is 0 Å². The summed E-state index contributed by atoms with van der Waals surface area (Å²) < 4.78 is 5.39. The van der Waals surface area contributed by atoms with Gasteiger partial charge in [-0.05, 0) is 31.4 Å². The molecule has 2 aromatic rings. The molecule has 1 aliphatic carbocycles. The summed E-state index contributed by atoms with van der Waals surface area (Å²) in [4.78, 5) is 4.49. The number of hydrogen-bond donors (Lipinski definition) is 1. The van der Waals surface area contributed by atoms with Crippen molar-refractivity contribution in [3.05, 3.63) is 35.2 Å². The molecule has 1 aromatic heterocycles. The van der Waals surface area contributed by atoms with Gasteiger partial charge in [0.1, 0.15) is 0 Å². The third-order valence-corrected chi connectivity index (χ3v) is 3.82. The number of nitrogens with zero attached hydrogens (tertiary/aromatic N) is 2. The first-order valence-corrected chi connectivity index (χ1v) is 6.95. The highest BCUT2D eigenvalue weighted by molar-refractivity contribution is 6.30. The van der Waals surface area contributed by atoms with Crippen LogP contribution in [0.1, 0.15) is 37.5 Å². The van der Waals surface area contributed by atoms with Crippen molar-refractivity contribution in [1.29, 1.82) is 0 Å². The molecule has 0 saturated heterocycles. The van der Waals surface area contributed by atoms with Gasteiger partial charge in [0.05, 0.1) is 0 Å². The molecular weight excluding hydrogens is 297 g/mol. The summed E-state index contributed by atoms with van der Waals surface area (Å²) >= 11 is 5.97. The van der Waals surface area contributed by atoms with Gasteiger partial charge in [-0.15, -0.1) is 12.4 Å². The van der Waals surface area contributed by atoms with E-state index < -0.39 is 0 Å². The number of halogens is 2. The molecule has 20 heavy (non-hydrogen) atoms. The Labute approximate surface area is 129 Å². The zero-order valence-corrected chi connectivity index (χ0v) is 12.5. The zero-order chi connectivity index (χ0) is 13.2. The highest BCUT2D eigenvalue weighted by Gasteiger charge is 2.25. The molecule has 1 heterocycles. The van der Waals surface area contributed by atoms with E-state index >= 15 is 0 Å². The van der Waals surface area contributed by atoms with Gasteiger partial charge in [0.15, 0.2) is 0 Å². The monoisotopic (exact) mass is 313 g/mol. The maximum absolute atomic E-state index is 5.99. The zero-order valence-electron chi connectivity index (χ0n) is 11.0. The number of hydrogen-bond acceptors (Lipinski definition) is 4. The van der Waals surface area contributed by atoms with Gasteiger partial charge in [0, 0.05) is 22.5 Å². The summed E-state index contributed by atoms with van der Waals surface area (Å²) in [5.41, 5.74) is 6.87. The van der Waals surface area contributed by atoms with Crippen LogP contribution in [0.4, 0.5) is 0 Å². The van der Waals surface area contributed by atoms with Crippen LogP contribution < -0.4 is 5.73 Å². The molecule has 0 aliphatic heterocycles. The molecule has 0 radical (unpaired) electrons. The Morgan fingerprint density at radius 3 is 2.90 bits per heavy atom. The first-order chi connectivity index (χ1) is 9.22. The normalized spacial score (nSPS) is 22.3. The van der Waals surface area contributed by atoms with E-state index in [1.165, 1.54) is 0 Å². The van der Waals surface area contributed by atoms with E-state index in [9.17, 15) is 0 Å². The van der Waals surface area contributed by atoms with E-state index in [0.717, 1.165) is 31.2 Å². The fourth-order valence-corrected chi connectivity index (χ4v) is 2.79. The number of benzene rings is 1. The number of aromatic nitrogens is 2. The molecule has 1 saturated carbocycles. The molecule has 0 spiro atoms. The van der Waals surface area contributed by atoms with Crippen LogP contribution in [0.5, 0.6) is 0 Å². The highest BCUT2D eigenvalue weighted by atomic mass is 35.5. The summed E-state index contributed by atoms with van der Waals surface area (Å²) in [6.45, 7) is 0. The third kappa shape index (κ3) is 3.32. The average Bonchev–Trinajstić information content (AvgIpc) is 2.88. The SMILES string of the molecule is Cl.NC1CCCC(c2nc(-c3cccc(Cl)c3)no2)C1. The van der Waals surface area contributed by atoms with Crippen molar-refractivity contribution in [1.82, 2.24) is 10.1 Å². The smallest absolute Gasteiger partial charge is 0.230 e. The van der Waals surface area contributed by atoms with Crippen LogP contribution in [0, 0.1) is 0 Å². The van der Waals surface area contributed by atoms with E-state index in [1.807, 2.05) is 24.3 Å². The predicted molar refractivity (Wildman–Crippen MR) is 81.2 cm³/mol. The summed E-state index contributed by atoms with van der Waals surface area (Å²) in [6.07, 6.45) is 4.22. The van der Waals surface area contributed by atoms with Gasteiger partial charge in [-0.25, -0.2) is 0 Å². The van der Waals surface area contributed by atoms with E-state index in [2.05, 4.69) is 10.1 Å². The summed E-state index contributed by atoms with van der Waals surface area (Å²) in [6, 6.07) is 7.71. The first-order valence-electron chi connectivity index (χ1n) is 6.57.